The predicted molar refractivity (Wildman–Crippen MR) is 149 cm³/mol. The van der Waals surface area contributed by atoms with Crippen molar-refractivity contribution in [2.45, 2.75) is 75.4 Å². The van der Waals surface area contributed by atoms with E-state index in [0.29, 0.717) is 52.7 Å². The normalized spacial score (nSPS) is 23.3. The third kappa shape index (κ3) is 5.01. The summed E-state index contributed by atoms with van der Waals surface area (Å²) >= 11 is 12.9. The van der Waals surface area contributed by atoms with Crippen molar-refractivity contribution in [3.8, 4) is 22.6 Å². The lowest BCUT2D eigenvalue weighted by Crippen LogP contribution is -2.45. The van der Waals surface area contributed by atoms with Crippen LogP contribution in [0.25, 0.3) is 22.6 Å². The van der Waals surface area contributed by atoms with Crippen LogP contribution >= 0.6 is 23.2 Å². The number of aromatic nitrogens is 3. The molecule has 4 heterocycles. The van der Waals surface area contributed by atoms with E-state index in [2.05, 4.69) is 19.8 Å². The van der Waals surface area contributed by atoms with Gasteiger partial charge in [0.2, 0.25) is 0 Å². The van der Waals surface area contributed by atoms with E-state index in [9.17, 15) is 18.0 Å². The topological polar surface area (TPSA) is 97.4 Å². The first-order valence-corrected chi connectivity index (χ1v) is 14.3. The van der Waals surface area contributed by atoms with Crippen LogP contribution in [0, 0.1) is 0 Å². The summed E-state index contributed by atoms with van der Waals surface area (Å²) in [4.78, 5) is 15.5. The number of hydrogen-bond acceptors (Lipinski definition) is 7. The van der Waals surface area contributed by atoms with Gasteiger partial charge in [0.1, 0.15) is 11.5 Å². The summed E-state index contributed by atoms with van der Waals surface area (Å²) in [5.74, 6) is -0.822. The van der Waals surface area contributed by atoms with Crippen molar-refractivity contribution in [3.05, 3.63) is 73.9 Å². The van der Waals surface area contributed by atoms with Gasteiger partial charge in [0, 0.05) is 40.4 Å². The monoisotopic (exact) mass is 622 g/mol. The average Bonchev–Trinajstić information content (AvgIpc) is 3.45. The Balaban J connectivity index is 1.16. The van der Waals surface area contributed by atoms with Gasteiger partial charge in [-0.1, -0.05) is 39.6 Å². The van der Waals surface area contributed by atoms with Gasteiger partial charge in [-0.05, 0) is 68.9 Å². The van der Waals surface area contributed by atoms with E-state index in [1.54, 1.807) is 24.3 Å². The van der Waals surface area contributed by atoms with E-state index < -0.39 is 30.2 Å². The van der Waals surface area contributed by atoms with Crippen LogP contribution in [0.3, 0.4) is 0 Å². The van der Waals surface area contributed by atoms with Crippen LogP contribution in [-0.2, 0) is 17.5 Å². The molecule has 220 valence electrons. The second-order valence-electron chi connectivity index (χ2n) is 10.9. The molecule has 8 nitrogen and oxygen atoms in total. The Morgan fingerprint density at radius 2 is 1.76 bits per heavy atom. The number of alkyl halides is 3. The molecule has 3 atom stereocenters. The number of anilines is 1. The van der Waals surface area contributed by atoms with Gasteiger partial charge in [-0.2, -0.15) is 13.2 Å². The minimum absolute atomic E-state index is 0.0186. The second-order valence-corrected chi connectivity index (χ2v) is 11.7. The summed E-state index contributed by atoms with van der Waals surface area (Å²) in [6.07, 6.45) is -1.31. The molecule has 1 saturated carbocycles. The van der Waals surface area contributed by atoms with Gasteiger partial charge >= 0.3 is 11.9 Å². The molecule has 3 fully saturated rings. The highest BCUT2D eigenvalue weighted by atomic mass is 35.5. The highest BCUT2D eigenvalue weighted by Gasteiger charge is 2.43. The minimum Gasteiger partial charge on any atom is -0.373 e. The van der Waals surface area contributed by atoms with Gasteiger partial charge in [-0.3, -0.25) is 9.51 Å². The highest BCUT2D eigenvalue weighted by Crippen LogP contribution is 2.47. The fraction of sp³-hybridized carbons (Fsp3) is 0.414. The molecule has 0 amide bonds. The van der Waals surface area contributed by atoms with Crippen molar-refractivity contribution in [1.82, 2.24) is 15.3 Å². The fourth-order valence-corrected chi connectivity index (χ4v) is 6.76. The Morgan fingerprint density at radius 3 is 2.38 bits per heavy atom. The maximum Gasteiger partial charge on any atom is 0.439 e. The zero-order valence-corrected chi connectivity index (χ0v) is 23.4. The number of ether oxygens (including phenoxy) is 1. The van der Waals surface area contributed by atoms with E-state index in [1.165, 1.54) is 6.07 Å². The van der Waals surface area contributed by atoms with Gasteiger partial charge in [-0.25, -0.2) is 4.79 Å². The Morgan fingerprint density at radius 1 is 1.05 bits per heavy atom. The third-order valence-corrected chi connectivity index (χ3v) is 8.82. The number of piperidine rings is 1. The van der Waals surface area contributed by atoms with Crippen molar-refractivity contribution >= 4 is 28.9 Å². The molecule has 2 aromatic heterocycles. The summed E-state index contributed by atoms with van der Waals surface area (Å²) in [5, 5.41) is 8.22. The number of nitrogens with one attached hydrogen (secondary N) is 1. The molecule has 2 aromatic carbocycles. The van der Waals surface area contributed by atoms with Gasteiger partial charge in [-0.15, -0.1) is 0 Å². The van der Waals surface area contributed by atoms with Crippen LogP contribution in [0.15, 0.2) is 50.2 Å². The molecule has 2 saturated heterocycles. The maximum absolute atomic E-state index is 14.1. The number of benzene rings is 2. The molecule has 1 aliphatic carbocycles. The molecule has 4 aromatic rings. The number of halogens is 5. The first-order chi connectivity index (χ1) is 20.9. The van der Waals surface area contributed by atoms with Crippen molar-refractivity contribution in [2.75, 3.05) is 4.90 Å². The second kappa shape index (κ2) is 10.5. The third-order valence-electron chi connectivity index (χ3n) is 8.19. The molecule has 42 heavy (non-hydrogen) atoms. The molecule has 0 spiro atoms. The highest BCUT2D eigenvalue weighted by molar-refractivity contribution is 6.39. The van der Waals surface area contributed by atoms with E-state index in [4.69, 9.17) is 35.2 Å². The van der Waals surface area contributed by atoms with Gasteiger partial charge in [0.05, 0.1) is 31.0 Å². The molecule has 3 aliphatic rings. The van der Waals surface area contributed by atoms with E-state index in [-0.39, 0.29) is 40.6 Å². The molecular weight excluding hydrogens is 596 g/mol. The number of aromatic amines is 1. The smallest absolute Gasteiger partial charge is 0.373 e. The summed E-state index contributed by atoms with van der Waals surface area (Å²) in [6, 6.07) is 8.54. The van der Waals surface area contributed by atoms with E-state index in [1.807, 2.05) is 4.90 Å². The molecule has 7 rings (SSSR count). The van der Waals surface area contributed by atoms with Gasteiger partial charge < -0.3 is 14.2 Å². The average molecular weight is 623 g/mol. The summed E-state index contributed by atoms with van der Waals surface area (Å²) in [5.41, 5.74) is -0.129. The Kier molecular flexibility index (Phi) is 6.29. The first-order valence-electron chi connectivity index (χ1n) is 14.6. The van der Waals surface area contributed by atoms with Gasteiger partial charge in [0.25, 0.3) is 0 Å². The summed E-state index contributed by atoms with van der Waals surface area (Å²) in [6.45, 7) is -2.30. The van der Waals surface area contributed by atoms with E-state index >= 15 is 0 Å². The molecule has 13 heteroatoms. The first kappa shape index (κ1) is 25.2. The molecule has 1 N–H and O–H groups in total. The standard InChI is InChI=1S/C29H25Cl2F3N4O4/c30-22-2-1-3-23(31)24(22)25-20(26(41-36-25)14-4-5-14)13-40-18-10-15-6-7-16(11-18)38(15)17-8-9-19(21(12-17)29(32,33)34)27-35-28(39)42-37-27/h1-3,8-9,12,14-16,18H,4-7,10-11,13H2,(H,35,37,39)/t15-,16+,18?/i13D2. The van der Waals surface area contributed by atoms with Crippen LogP contribution < -0.4 is 10.7 Å². The lowest BCUT2D eigenvalue weighted by molar-refractivity contribution is -0.137. The van der Waals surface area contributed by atoms with Crippen molar-refractivity contribution < 1.29 is 29.7 Å². The van der Waals surface area contributed by atoms with Gasteiger partial charge in [0.15, 0.2) is 5.82 Å². The number of H-pyrrole nitrogens is 1. The van der Waals surface area contributed by atoms with Crippen LogP contribution in [0.5, 0.6) is 0 Å². The summed E-state index contributed by atoms with van der Waals surface area (Å²) in [7, 11) is 0. The molecular formula is C29H25Cl2F3N4O4. The quantitative estimate of drug-likeness (QED) is 0.226. The Bertz CT molecular complexity index is 1750. The molecule has 1 unspecified atom stereocenters. The van der Waals surface area contributed by atoms with Crippen LogP contribution in [0.1, 0.15) is 64.1 Å². The lowest BCUT2D eigenvalue weighted by Gasteiger charge is -2.40. The van der Waals surface area contributed by atoms with Crippen molar-refractivity contribution in [2.24, 2.45) is 0 Å². The van der Waals surface area contributed by atoms with Crippen LogP contribution in [-0.4, -0.2) is 33.5 Å². The zero-order valence-electron chi connectivity index (χ0n) is 23.9. The molecule has 2 bridgehead atoms. The predicted octanol–water partition coefficient (Wildman–Crippen LogP) is 7.60. The Labute approximate surface area is 250 Å². The number of nitrogens with zero attached hydrogens (tertiary/aromatic N) is 3. The van der Waals surface area contributed by atoms with Crippen LogP contribution in [0.4, 0.5) is 18.9 Å². The minimum atomic E-state index is -4.71. The van der Waals surface area contributed by atoms with Crippen LogP contribution in [0.2, 0.25) is 10.0 Å². The Hall–Kier alpha value is -3.28. The van der Waals surface area contributed by atoms with Crippen molar-refractivity contribution in [1.29, 1.82) is 0 Å². The molecule has 2 aliphatic heterocycles. The number of hydrogen-bond donors (Lipinski definition) is 1. The van der Waals surface area contributed by atoms with Crippen molar-refractivity contribution in [3.63, 3.8) is 0 Å². The zero-order chi connectivity index (χ0) is 31.0. The SMILES string of the molecule is [2H]C([2H])(OC1C[C@H]2CC[C@@H](C1)N2c1ccc(-c2noc(=O)[nH]2)c(C(F)(F)F)c1)c1c(-c2c(Cl)cccc2Cl)noc1C1CC1. The fourth-order valence-electron chi connectivity index (χ4n) is 6.19. The number of fused-ring (bicyclic) bond motifs is 2. The molecule has 0 radical (unpaired) electrons. The summed E-state index contributed by atoms with van der Waals surface area (Å²) < 4.78 is 76.8. The maximum atomic E-state index is 14.1. The lowest BCUT2D eigenvalue weighted by atomic mass is 9.97. The van der Waals surface area contributed by atoms with E-state index in [0.717, 1.165) is 18.9 Å². The number of rotatable bonds is 7. The largest absolute Gasteiger partial charge is 0.439 e.